The van der Waals surface area contributed by atoms with Crippen molar-refractivity contribution in [2.24, 2.45) is 10.9 Å². The minimum Gasteiger partial charge on any atom is -0.399 e. The van der Waals surface area contributed by atoms with Crippen molar-refractivity contribution in [2.75, 3.05) is 24.1 Å². The zero-order chi connectivity index (χ0) is 13.8. The normalized spacial score (nSPS) is 10.9. The number of amides is 2. The molecule has 0 aliphatic carbocycles. The van der Waals surface area contributed by atoms with E-state index in [1.54, 1.807) is 6.07 Å². The Balaban J connectivity index is 2.72. The minimum absolute atomic E-state index is 0.0761. The molecule has 0 saturated carbocycles. The smallest absolute Gasteiger partial charge is 0.312 e. The molecule has 18 heavy (non-hydrogen) atoms. The van der Waals surface area contributed by atoms with Crippen LogP contribution in [0.2, 0.25) is 0 Å². The van der Waals surface area contributed by atoms with E-state index in [4.69, 9.17) is 16.6 Å². The van der Waals surface area contributed by atoms with Crippen LogP contribution in [-0.4, -0.2) is 27.5 Å². The van der Waals surface area contributed by atoms with E-state index in [0.29, 0.717) is 18.8 Å². The number of anilines is 2. The van der Waals surface area contributed by atoms with Gasteiger partial charge in [0.05, 0.1) is 4.90 Å². The second kappa shape index (κ2) is 5.56. The lowest BCUT2D eigenvalue weighted by molar-refractivity contribution is 0.249. The fourth-order valence-electron chi connectivity index (χ4n) is 1.28. The third kappa shape index (κ3) is 4.47. The van der Waals surface area contributed by atoms with Crippen molar-refractivity contribution < 1.29 is 13.2 Å². The Morgan fingerprint density at radius 3 is 2.44 bits per heavy atom. The van der Waals surface area contributed by atoms with Crippen LogP contribution in [0.1, 0.15) is 0 Å². The molecule has 0 spiro atoms. The molecule has 2 amide bonds. The number of nitrogen functional groups attached to an aromatic ring is 1. The van der Waals surface area contributed by atoms with Crippen LogP contribution in [0.5, 0.6) is 0 Å². The molecule has 0 bridgehead atoms. The summed E-state index contributed by atoms with van der Waals surface area (Å²) < 4.78 is 22.4. The van der Waals surface area contributed by atoms with Crippen molar-refractivity contribution in [3.63, 3.8) is 0 Å². The fraction of sp³-hybridized carbons (Fsp3) is 0.222. The van der Waals surface area contributed by atoms with E-state index in [-0.39, 0.29) is 10.6 Å². The average Bonchev–Trinajstić information content (AvgIpc) is 2.22. The quantitative estimate of drug-likeness (QED) is 0.344. The number of hydrogen-bond donors (Lipinski definition) is 5. The van der Waals surface area contributed by atoms with Crippen LogP contribution in [0.3, 0.4) is 0 Å². The SMILES string of the molecule is NC(=O)NCCNc1cc(N)cc(S(N)(=O)=O)c1. The van der Waals surface area contributed by atoms with Crippen molar-refractivity contribution in [3.8, 4) is 0 Å². The van der Waals surface area contributed by atoms with E-state index in [2.05, 4.69) is 10.6 Å². The summed E-state index contributed by atoms with van der Waals surface area (Å²) in [5, 5.41) is 10.3. The predicted molar refractivity (Wildman–Crippen MR) is 68.3 cm³/mol. The van der Waals surface area contributed by atoms with E-state index >= 15 is 0 Å². The van der Waals surface area contributed by atoms with E-state index < -0.39 is 16.1 Å². The molecule has 0 radical (unpaired) electrons. The van der Waals surface area contributed by atoms with Gasteiger partial charge in [-0.1, -0.05) is 0 Å². The highest BCUT2D eigenvalue weighted by Gasteiger charge is 2.09. The maximum absolute atomic E-state index is 11.2. The maximum atomic E-state index is 11.2. The summed E-state index contributed by atoms with van der Waals surface area (Å²) in [4.78, 5) is 10.3. The molecule has 0 aromatic heterocycles. The van der Waals surface area contributed by atoms with Crippen molar-refractivity contribution in [1.82, 2.24) is 5.32 Å². The second-order valence-corrected chi connectivity index (χ2v) is 5.11. The molecule has 0 aliphatic heterocycles. The number of nitrogens with two attached hydrogens (primary N) is 3. The van der Waals surface area contributed by atoms with E-state index in [1.165, 1.54) is 12.1 Å². The third-order valence-electron chi connectivity index (χ3n) is 2.01. The Bertz CT molecular complexity index is 543. The number of primary amides is 1. The highest BCUT2D eigenvalue weighted by molar-refractivity contribution is 7.89. The van der Waals surface area contributed by atoms with Gasteiger partial charge in [-0.25, -0.2) is 18.4 Å². The Morgan fingerprint density at radius 2 is 1.89 bits per heavy atom. The number of benzene rings is 1. The molecule has 9 heteroatoms. The van der Waals surface area contributed by atoms with Gasteiger partial charge in [0.25, 0.3) is 0 Å². The van der Waals surface area contributed by atoms with Gasteiger partial charge < -0.3 is 22.1 Å². The van der Waals surface area contributed by atoms with Crippen LogP contribution in [0.4, 0.5) is 16.2 Å². The van der Waals surface area contributed by atoms with Crippen molar-refractivity contribution in [2.45, 2.75) is 4.90 Å². The maximum Gasteiger partial charge on any atom is 0.312 e. The molecular formula is C9H15N5O3S. The van der Waals surface area contributed by atoms with Crippen LogP contribution in [0.25, 0.3) is 0 Å². The van der Waals surface area contributed by atoms with Gasteiger partial charge in [-0.2, -0.15) is 0 Å². The number of hydrogen-bond acceptors (Lipinski definition) is 5. The number of primary sulfonamides is 1. The Kier molecular flexibility index (Phi) is 4.34. The number of carbonyl (C=O) groups is 1. The van der Waals surface area contributed by atoms with E-state index in [9.17, 15) is 13.2 Å². The largest absolute Gasteiger partial charge is 0.399 e. The number of sulfonamides is 1. The van der Waals surface area contributed by atoms with Crippen LogP contribution in [0.15, 0.2) is 23.1 Å². The monoisotopic (exact) mass is 273 g/mol. The van der Waals surface area contributed by atoms with Gasteiger partial charge >= 0.3 is 6.03 Å². The molecule has 0 heterocycles. The summed E-state index contributed by atoms with van der Waals surface area (Å²) >= 11 is 0. The molecule has 100 valence electrons. The summed E-state index contributed by atoms with van der Waals surface area (Å²) in [5.41, 5.74) is 11.2. The molecule has 0 aliphatic rings. The topological polar surface area (TPSA) is 153 Å². The highest BCUT2D eigenvalue weighted by Crippen LogP contribution is 2.19. The van der Waals surface area contributed by atoms with Gasteiger partial charge in [-0.05, 0) is 18.2 Å². The number of carbonyl (C=O) groups excluding carboxylic acids is 1. The first-order chi connectivity index (χ1) is 8.29. The minimum atomic E-state index is -3.80. The predicted octanol–water partition coefficient (Wildman–Crippen LogP) is -1.00. The van der Waals surface area contributed by atoms with Gasteiger partial charge in [0.1, 0.15) is 0 Å². The first kappa shape index (κ1) is 14.1. The van der Waals surface area contributed by atoms with Gasteiger partial charge in [0.15, 0.2) is 0 Å². The fourth-order valence-corrected chi connectivity index (χ4v) is 1.87. The van der Waals surface area contributed by atoms with Crippen molar-refractivity contribution in [3.05, 3.63) is 18.2 Å². The van der Waals surface area contributed by atoms with E-state index in [0.717, 1.165) is 0 Å². The molecule has 1 aromatic carbocycles. The van der Waals surface area contributed by atoms with Gasteiger partial charge in [-0.3, -0.25) is 0 Å². The highest BCUT2D eigenvalue weighted by atomic mass is 32.2. The van der Waals surface area contributed by atoms with Crippen LogP contribution in [-0.2, 0) is 10.0 Å². The molecule has 0 unspecified atom stereocenters. The standard InChI is InChI=1S/C9H15N5O3S/c10-6-3-7(13-1-2-14-9(11)15)5-8(4-6)18(12,16)17/h3-5,13H,1-2,10H2,(H3,11,14,15)(H2,12,16,17). The molecule has 1 aromatic rings. The van der Waals surface area contributed by atoms with Crippen molar-refractivity contribution >= 4 is 27.4 Å². The zero-order valence-corrected chi connectivity index (χ0v) is 10.3. The number of nitrogens with one attached hydrogen (secondary N) is 2. The van der Waals surface area contributed by atoms with Crippen LogP contribution in [0, 0.1) is 0 Å². The summed E-state index contributed by atoms with van der Waals surface area (Å²) in [5.74, 6) is 0. The van der Waals surface area contributed by atoms with E-state index in [1.807, 2.05) is 0 Å². The zero-order valence-electron chi connectivity index (χ0n) is 9.51. The Labute approximate surface area is 105 Å². The van der Waals surface area contributed by atoms with Crippen LogP contribution < -0.4 is 27.2 Å². The summed E-state index contributed by atoms with van der Waals surface area (Å²) in [7, 11) is -3.80. The molecular weight excluding hydrogens is 258 g/mol. The molecule has 0 atom stereocenters. The first-order valence-corrected chi connectivity index (χ1v) is 6.54. The molecule has 0 saturated heterocycles. The number of rotatable bonds is 5. The van der Waals surface area contributed by atoms with Crippen LogP contribution >= 0.6 is 0 Å². The Hall–Kier alpha value is -2.00. The third-order valence-corrected chi connectivity index (χ3v) is 2.90. The average molecular weight is 273 g/mol. The molecule has 8 N–H and O–H groups in total. The van der Waals surface area contributed by atoms with Gasteiger partial charge in [0, 0.05) is 24.5 Å². The Morgan fingerprint density at radius 1 is 1.22 bits per heavy atom. The number of urea groups is 1. The first-order valence-electron chi connectivity index (χ1n) is 4.99. The van der Waals surface area contributed by atoms with Gasteiger partial charge in [0.2, 0.25) is 10.0 Å². The summed E-state index contributed by atoms with van der Waals surface area (Å²) in [6, 6.07) is 3.55. The molecule has 1 rings (SSSR count). The lowest BCUT2D eigenvalue weighted by atomic mass is 10.3. The summed E-state index contributed by atoms with van der Waals surface area (Å²) in [6.45, 7) is 0.672. The molecule has 0 fully saturated rings. The lowest BCUT2D eigenvalue weighted by Gasteiger charge is -2.09. The molecule has 8 nitrogen and oxygen atoms in total. The summed E-state index contributed by atoms with van der Waals surface area (Å²) in [6.07, 6.45) is 0. The van der Waals surface area contributed by atoms with Crippen molar-refractivity contribution in [1.29, 1.82) is 0 Å². The second-order valence-electron chi connectivity index (χ2n) is 3.55. The van der Waals surface area contributed by atoms with Gasteiger partial charge in [-0.15, -0.1) is 0 Å². The lowest BCUT2D eigenvalue weighted by Crippen LogP contribution is -2.33.